The highest BCUT2D eigenvalue weighted by Gasteiger charge is 2.07. The highest BCUT2D eigenvalue weighted by atomic mass is 35.5. The quantitative estimate of drug-likeness (QED) is 0.699. The third kappa shape index (κ3) is 2.92. The smallest absolute Gasteiger partial charge is 0.117 e. The van der Waals surface area contributed by atoms with Crippen molar-refractivity contribution >= 4 is 46.0 Å². The maximum absolute atomic E-state index is 6.00. The lowest BCUT2D eigenvalue weighted by atomic mass is 10.3. The average molecular weight is 324 g/mol. The number of H-pyrrole nitrogens is 1. The van der Waals surface area contributed by atoms with Gasteiger partial charge in [-0.3, -0.25) is 4.98 Å². The number of aromatic amines is 1. The zero-order valence-electron chi connectivity index (χ0n) is 10.7. The van der Waals surface area contributed by atoms with Crippen molar-refractivity contribution in [2.75, 3.05) is 0 Å². The van der Waals surface area contributed by atoms with E-state index >= 15 is 0 Å². The molecule has 0 saturated carbocycles. The van der Waals surface area contributed by atoms with Gasteiger partial charge < -0.3 is 4.98 Å². The van der Waals surface area contributed by atoms with Crippen molar-refractivity contribution in [3.05, 3.63) is 52.0 Å². The van der Waals surface area contributed by atoms with Gasteiger partial charge in [-0.05, 0) is 31.2 Å². The number of thioether (sulfide) groups is 1. The van der Waals surface area contributed by atoms with Crippen molar-refractivity contribution in [1.82, 2.24) is 15.0 Å². The molecule has 0 aliphatic rings. The van der Waals surface area contributed by atoms with Crippen molar-refractivity contribution in [2.45, 2.75) is 17.6 Å². The summed E-state index contributed by atoms with van der Waals surface area (Å²) in [4.78, 5) is 13.1. The Morgan fingerprint density at radius 1 is 1.20 bits per heavy atom. The molecular formula is C14H11Cl2N3S. The third-order valence-electron chi connectivity index (χ3n) is 2.82. The Bertz CT molecular complexity index is 731. The summed E-state index contributed by atoms with van der Waals surface area (Å²) in [5.41, 5.74) is 2.75. The van der Waals surface area contributed by atoms with Crippen LogP contribution in [0.1, 0.15) is 11.5 Å². The van der Waals surface area contributed by atoms with Crippen LogP contribution in [0.4, 0.5) is 0 Å². The lowest BCUT2D eigenvalue weighted by Gasteiger charge is -1.99. The zero-order chi connectivity index (χ0) is 14.1. The third-order valence-corrected chi connectivity index (χ3v) is 4.54. The maximum atomic E-state index is 6.00. The number of imidazole rings is 1. The van der Waals surface area contributed by atoms with Crippen molar-refractivity contribution in [1.29, 1.82) is 0 Å². The molecular weight excluding hydrogens is 313 g/mol. The van der Waals surface area contributed by atoms with Crippen molar-refractivity contribution in [3.8, 4) is 0 Å². The summed E-state index contributed by atoms with van der Waals surface area (Å²) < 4.78 is 0. The Labute approximate surface area is 130 Å². The van der Waals surface area contributed by atoms with Gasteiger partial charge in [-0.15, -0.1) is 11.8 Å². The number of nitrogens with zero attached hydrogens (tertiary/aromatic N) is 2. The molecule has 0 atom stereocenters. The van der Waals surface area contributed by atoms with E-state index in [1.54, 1.807) is 23.9 Å². The van der Waals surface area contributed by atoms with E-state index in [2.05, 4.69) is 21.0 Å². The first-order chi connectivity index (χ1) is 9.61. The lowest BCUT2D eigenvalue weighted by molar-refractivity contribution is 1.13. The SMILES string of the molecule is Cc1cc(SCc2nc3cc(Cl)c(Cl)cc3[nH]2)ccn1. The van der Waals surface area contributed by atoms with Crippen LogP contribution in [0.5, 0.6) is 0 Å². The molecule has 0 fully saturated rings. The van der Waals surface area contributed by atoms with Crippen LogP contribution in [0.15, 0.2) is 35.4 Å². The monoisotopic (exact) mass is 323 g/mol. The Balaban J connectivity index is 1.81. The minimum atomic E-state index is 0.523. The topological polar surface area (TPSA) is 41.6 Å². The first kappa shape index (κ1) is 13.7. The molecule has 3 nitrogen and oxygen atoms in total. The number of pyridine rings is 1. The van der Waals surface area contributed by atoms with Gasteiger partial charge in [-0.1, -0.05) is 23.2 Å². The number of halogens is 2. The summed E-state index contributed by atoms with van der Waals surface area (Å²) >= 11 is 13.7. The van der Waals surface area contributed by atoms with E-state index in [-0.39, 0.29) is 0 Å². The van der Waals surface area contributed by atoms with E-state index in [9.17, 15) is 0 Å². The predicted molar refractivity (Wildman–Crippen MR) is 84.6 cm³/mol. The molecule has 1 aromatic carbocycles. The largest absolute Gasteiger partial charge is 0.341 e. The molecule has 0 unspecified atom stereocenters. The average Bonchev–Trinajstić information content (AvgIpc) is 2.79. The fourth-order valence-corrected chi connectivity index (χ4v) is 3.06. The van der Waals surface area contributed by atoms with Crippen LogP contribution < -0.4 is 0 Å². The van der Waals surface area contributed by atoms with Gasteiger partial charge in [-0.25, -0.2) is 4.98 Å². The van der Waals surface area contributed by atoms with Crippen LogP contribution in [-0.2, 0) is 5.75 Å². The van der Waals surface area contributed by atoms with Crippen LogP contribution in [0, 0.1) is 6.92 Å². The first-order valence-corrected chi connectivity index (χ1v) is 7.75. The van der Waals surface area contributed by atoms with Crippen LogP contribution in [0.2, 0.25) is 10.0 Å². The fraction of sp³-hybridized carbons (Fsp3) is 0.143. The summed E-state index contributed by atoms with van der Waals surface area (Å²) in [6.07, 6.45) is 1.82. The maximum Gasteiger partial charge on any atom is 0.117 e. The van der Waals surface area contributed by atoms with Crippen molar-refractivity contribution in [2.24, 2.45) is 0 Å². The van der Waals surface area contributed by atoms with Gasteiger partial charge in [0.1, 0.15) is 5.82 Å². The molecule has 0 amide bonds. The Kier molecular flexibility index (Phi) is 3.87. The molecule has 6 heteroatoms. The van der Waals surface area contributed by atoms with Crippen LogP contribution in [0.3, 0.4) is 0 Å². The predicted octanol–water partition coefficient (Wildman–Crippen LogP) is 4.87. The molecule has 20 heavy (non-hydrogen) atoms. The Morgan fingerprint density at radius 3 is 2.80 bits per heavy atom. The molecule has 0 aliphatic carbocycles. The van der Waals surface area contributed by atoms with Gasteiger partial charge in [0.2, 0.25) is 0 Å². The van der Waals surface area contributed by atoms with Gasteiger partial charge in [0.25, 0.3) is 0 Å². The van der Waals surface area contributed by atoms with E-state index in [1.807, 2.05) is 19.2 Å². The summed E-state index contributed by atoms with van der Waals surface area (Å²) in [7, 11) is 0. The normalized spacial score (nSPS) is 11.2. The first-order valence-electron chi connectivity index (χ1n) is 6.01. The highest BCUT2D eigenvalue weighted by Crippen LogP contribution is 2.28. The van der Waals surface area contributed by atoms with Gasteiger partial charge in [-0.2, -0.15) is 0 Å². The number of hydrogen-bond donors (Lipinski definition) is 1. The fourth-order valence-electron chi connectivity index (χ4n) is 1.89. The second-order valence-electron chi connectivity index (χ2n) is 4.39. The number of hydrogen-bond acceptors (Lipinski definition) is 3. The van der Waals surface area contributed by atoms with Gasteiger partial charge >= 0.3 is 0 Å². The van der Waals surface area contributed by atoms with Crippen LogP contribution in [0.25, 0.3) is 11.0 Å². The van der Waals surface area contributed by atoms with E-state index in [1.165, 1.54) is 4.90 Å². The summed E-state index contributed by atoms with van der Waals surface area (Å²) in [6.45, 7) is 1.98. The molecule has 3 aromatic rings. The zero-order valence-corrected chi connectivity index (χ0v) is 13.0. The number of aryl methyl sites for hydroxylation is 1. The van der Waals surface area contributed by atoms with E-state index < -0.39 is 0 Å². The summed E-state index contributed by atoms with van der Waals surface area (Å²) in [5.74, 6) is 1.66. The second-order valence-corrected chi connectivity index (χ2v) is 6.25. The minimum Gasteiger partial charge on any atom is -0.341 e. The van der Waals surface area contributed by atoms with E-state index in [4.69, 9.17) is 23.2 Å². The molecule has 2 heterocycles. The van der Waals surface area contributed by atoms with Gasteiger partial charge in [0.15, 0.2) is 0 Å². The molecule has 0 saturated heterocycles. The molecule has 2 aromatic heterocycles. The molecule has 0 bridgehead atoms. The number of benzene rings is 1. The molecule has 0 aliphatic heterocycles. The van der Waals surface area contributed by atoms with E-state index in [0.29, 0.717) is 10.0 Å². The molecule has 0 spiro atoms. The summed E-state index contributed by atoms with van der Waals surface area (Å²) in [6, 6.07) is 7.63. The molecule has 0 radical (unpaired) electrons. The highest BCUT2D eigenvalue weighted by molar-refractivity contribution is 7.98. The van der Waals surface area contributed by atoms with Crippen LogP contribution >= 0.6 is 35.0 Å². The Hall–Kier alpha value is -1.23. The van der Waals surface area contributed by atoms with Crippen molar-refractivity contribution < 1.29 is 0 Å². The van der Waals surface area contributed by atoms with Gasteiger partial charge in [0, 0.05) is 16.8 Å². The molecule has 1 N–H and O–H groups in total. The van der Waals surface area contributed by atoms with Crippen LogP contribution in [-0.4, -0.2) is 15.0 Å². The molecule has 3 rings (SSSR count). The second kappa shape index (κ2) is 5.64. The van der Waals surface area contributed by atoms with Gasteiger partial charge in [0.05, 0.1) is 26.8 Å². The van der Waals surface area contributed by atoms with Crippen molar-refractivity contribution in [3.63, 3.8) is 0 Å². The molecule has 102 valence electrons. The lowest BCUT2D eigenvalue weighted by Crippen LogP contribution is -1.85. The standard InChI is InChI=1S/C14H11Cl2N3S/c1-8-4-9(2-3-17-8)20-7-14-18-12-5-10(15)11(16)6-13(12)19-14/h2-6H,7H2,1H3,(H,18,19). The number of fused-ring (bicyclic) bond motifs is 1. The number of nitrogens with one attached hydrogen (secondary N) is 1. The van der Waals surface area contributed by atoms with E-state index in [0.717, 1.165) is 28.3 Å². The minimum absolute atomic E-state index is 0.523. The number of rotatable bonds is 3. The Morgan fingerprint density at radius 2 is 2.00 bits per heavy atom. The number of aromatic nitrogens is 3. The summed E-state index contributed by atoms with van der Waals surface area (Å²) in [5, 5.41) is 1.06.